The molecule has 0 atom stereocenters. The number of aryl methyl sites for hydroxylation is 3. The molecule has 0 saturated heterocycles. The van der Waals surface area contributed by atoms with E-state index in [9.17, 15) is 4.39 Å². The van der Waals surface area contributed by atoms with Gasteiger partial charge in [0.1, 0.15) is 5.82 Å². The van der Waals surface area contributed by atoms with Gasteiger partial charge in [0.25, 0.3) is 0 Å². The third-order valence-electron chi connectivity index (χ3n) is 4.86. The van der Waals surface area contributed by atoms with Crippen LogP contribution in [0.3, 0.4) is 0 Å². The third kappa shape index (κ3) is 3.24. The average molecular weight is 357 g/mol. The number of halogens is 1. The Labute approximate surface area is 149 Å². The number of benzene rings is 1. The van der Waals surface area contributed by atoms with Crippen LogP contribution in [0.25, 0.3) is 11.4 Å². The summed E-state index contributed by atoms with van der Waals surface area (Å²) in [7, 11) is 0. The van der Waals surface area contributed by atoms with Crippen molar-refractivity contribution in [1.82, 2.24) is 20.3 Å². The number of hydrogen-bond acceptors (Lipinski definition) is 7. The summed E-state index contributed by atoms with van der Waals surface area (Å²) in [6, 6.07) is 4.85. The predicted molar refractivity (Wildman–Crippen MR) is 90.5 cm³/mol. The van der Waals surface area contributed by atoms with Gasteiger partial charge in [0, 0.05) is 18.4 Å². The molecule has 7 nitrogen and oxygen atoms in total. The molecular formula is C18H20FN5O2. The Morgan fingerprint density at radius 3 is 2.50 bits per heavy atom. The number of nitrogens with zero attached hydrogens (tertiary/aromatic N) is 4. The Kier molecular flexibility index (Phi) is 4.28. The summed E-state index contributed by atoms with van der Waals surface area (Å²) in [5, 5.41) is 7.94. The van der Waals surface area contributed by atoms with Gasteiger partial charge in [-0.05, 0) is 31.4 Å². The van der Waals surface area contributed by atoms with Crippen LogP contribution in [-0.4, -0.2) is 20.3 Å². The van der Waals surface area contributed by atoms with Gasteiger partial charge in [-0.1, -0.05) is 35.3 Å². The molecule has 0 amide bonds. The molecule has 0 bridgehead atoms. The molecule has 2 heterocycles. The molecule has 1 fully saturated rings. The summed E-state index contributed by atoms with van der Waals surface area (Å²) >= 11 is 0. The van der Waals surface area contributed by atoms with Crippen molar-refractivity contribution in [1.29, 1.82) is 0 Å². The van der Waals surface area contributed by atoms with Gasteiger partial charge in [-0.25, -0.2) is 4.39 Å². The van der Waals surface area contributed by atoms with E-state index in [-0.39, 0.29) is 5.82 Å². The number of aromatic nitrogens is 4. The molecule has 0 unspecified atom stereocenters. The summed E-state index contributed by atoms with van der Waals surface area (Å²) in [5.74, 6) is 1.57. The summed E-state index contributed by atoms with van der Waals surface area (Å²) < 4.78 is 24.2. The minimum absolute atomic E-state index is 0.296. The molecule has 4 rings (SSSR count). The quantitative estimate of drug-likeness (QED) is 0.748. The van der Waals surface area contributed by atoms with Crippen molar-refractivity contribution in [2.24, 2.45) is 5.73 Å². The van der Waals surface area contributed by atoms with Gasteiger partial charge in [-0.15, -0.1) is 0 Å². The van der Waals surface area contributed by atoms with Crippen LogP contribution in [0, 0.1) is 12.7 Å². The highest BCUT2D eigenvalue weighted by Crippen LogP contribution is 2.34. The van der Waals surface area contributed by atoms with E-state index in [1.54, 1.807) is 19.1 Å². The lowest BCUT2D eigenvalue weighted by atomic mass is 9.99. The van der Waals surface area contributed by atoms with E-state index in [0.29, 0.717) is 47.4 Å². The third-order valence-corrected chi connectivity index (χ3v) is 4.86. The fourth-order valence-corrected chi connectivity index (χ4v) is 3.21. The molecule has 136 valence electrons. The van der Waals surface area contributed by atoms with E-state index >= 15 is 0 Å². The van der Waals surface area contributed by atoms with E-state index in [0.717, 1.165) is 25.7 Å². The molecule has 1 aromatic carbocycles. The van der Waals surface area contributed by atoms with Gasteiger partial charge in [-0.3, -0.25) is 0 Å². The standard InChI is InChI=1S/C18H20FN5O2/c1-11-4-5-12(10-13(11)19)16-21-14(25-23-16)6-7-15-22-17(24-26-15)18(20)8-2-3-9-18/h4-5,10H,2-3,6-9,20H2,1H3. The van der Waals surface area contributed by atoms with E-state index < -0.39 is 5.54 Å². The smallest absolute Gasteiger partial charge is 0.227 e. The summed E-state index contributed by atoms with van der Waals surface area (Å²) in [4.78, 5) is 8.73. The van der Waals surface area contributed by atoms with Crippen LogP contribution in [0.4, 0.5) is 4.39 Å². The lowest BCUT2D eigenvalue weighted by Crippen LogP contribution is -2.34. The fourth-order valence-electron chi connectivity index (χ4n) is 3.21. The van der Waals surface area contributed by atoms with Crippen LogP contribution >= 0.6 is 0 Å². The van der Waals surface area contributed by atoms with E-state index in [1.165, 1.54) is 6.07 Å². The van der Waals surface area contributed by atoms with Gasteiger partial charge >= 0.3 is 0 Å². The van der Waals surface area contributed by atoms with Gasteiger partial charge in [0.05, 0.1) is 5.54 Å². The van der Waals surface area contributed by atoms with E-state index in [1.807, 2.05) is 0 Å². The van der Waals surface area contributed by atoms with Crippen molar-refractivity contribution in [2.45, 2.75) is 51.0 Å². The molecule has 0 aliphatic heterocycles. The first-order chi connectivity index (χ1) is 12.5. The maximum absolute atomic E-state index is 13.7. The average Bonchev–Trinajstić information content (AvgIpc) is 3.36. The van der Waals surface area contributed by atoms with E-state index in [2.05, 4.69) is 20.3 Å². The van der Waals surface area contributed by atoms with Crippen LogP contribution in [0.5, 0.6) is 0 Å². The van der Waals surface area contributed by atoms with Crippen molar-refractivity contribution in [2.75, 3.05) is 0 Å². The first-order valence-electron chi connectivity index (χ1n) is 8.74. The maximum Gasteiger partial charge on any atom is 0.227 e. The largest absolute Gasteiger partial charge is 0.339 e. The Balaban J connectivity index is 1.42. The number of rotatable bonds is 5. The second-order valence-electron chi connectivity index (χ2n) is 6.85. The van der Waals surface area contributed by atoms with Crippen LogP contribution in [0.15, 0.2) is 27.2 Å². The zero-order valence-corrected chi connectivity index (χ0v) is 14.5. The molecule has 26 heavy (non-hydrogen) atoms. The van der Waals surface area contributed by atoms with Crippen LogP contribution < -0.4 is 5.73 Å². The molecule has 1 saturated carbocycles. The first-order valence-corrected chi connectivity index (χ1v) is 8.74. The lowest BCUT2D eigenvalue weighted by molar-refractivity contribution is 0.339. The van der Waals surface area contributed by atoms with Crippen LogP contribution in [-0.2, 0) is 18.4 Å². The summed E-state index contributed by atoms with van der Waals surface area (Å²) in [5.41, 5.74) is 7.02. The Hall–Kier alpha value is -2.61. The van der Waals surface area contributed by atoms with Crippen molar-refractivity contribution < 1.29 is 13.4 Å². The minimum atomic E-state index is -0.463. The molecule has 0 spiro atoms. The molecule has 2 aromatic heterocycles. The molecule has 1 aliphatic carbocycles. The van der Waals surface area contributed by atoms with Gasteiger partial charge in [-0.2, -0.15) is 9.97 Å². The SMILES string of the molecule is Cc1ccc(-c2noc(CCc3nc(C4(N)CCCC4)no3)n2)cc1F. The molecule has 8 heteroatoms. The second kappa shape index (κ2) is 6.60. The molecule has 0 radical (unpaired) electrons. The Bertz CT molecular complexity index is 914. The van der Waals surface area contributed by atoms with Crippen molar-refractivity contribution in [3.63, 3.8) is 0 Å². The Morgan fingerprint density at radius 2 is 1.77 bits per heavy atom. The molecule has 2 N–H and O–H groups in total. The van der Waals surface area contributed by atoms with E-state index in [4.69, 9.17) is 14.8 Å². The maximum atomic E-state index is 13.7. The zero-order valence-electron chi connectivity index (χ0n) is 14.5. The van der Waals surface area contributed by atoms with Gasteiger partial charge in [0.2, 0.25) is 17.6 Å². The monoisotopic (exact) mass is 357 g/mol. The fraction of sp³-hybridized carbons (Fsp3) is 0.444. The number of nitrogens with two attached hydrogens (primary N) is 1. The van der Waals surface area contributed by atoms with Crippen LogP contribution in [0.1, 0.15) is 48.9 Å². The lowest BCUT2D eigenvalue weighted by Gasteiger charge is -2.17. The normalized spacial score (nSPS) is 16.3. The van der Waals surface area contributed by atoms with Gasteiger partial charge < -0.3 is 14.8 Å². The molecular weight excluding hydrogens is 337 g/mol. The Morgan fingerprint density at radius 1 is 1.08 bits per heavy atom. The zero-order chi connectivity index (χ0) is 18.1. The minimum Gasteiger partial charge on any atom is -0.339 e. The van der Waals surface area contributed by atoms with Crippen LogP contribution in [0.2, 0.25) is 0 Å². The highest BCUT2D eigenvalue weighted by Gasteiger charge is 2.35. The van der Waals surface area contributed by atoms with Crippen molar-refractivity contribution in [3.8, 4) is 11.4 Å². The molecule has 1 aliphatic rings. The molecule has 3 aromatic rings. The van der Waals surface area contributed by atoms with Gasteiger partial charge in [0.15, 0.2) is 5.82 Å². The predicted octanol–water partition coefficient (Wildman–Crippen LogP) is 3.08. The second-order valence-corrected chi connectivity index (χ2v) is 6.85. The first kappa shape index (κ1) is 16.8. The van der Waals surface area contributed by atoms with Crippen molar-refractivity contribution >= 4 is 0 Å². The van der Waals surface area contributed by atoms with Crippen molar-refractivity contribution in [3.05, 3.63) is 47.2 Å². The highest BCUT2D eigenvalue weighted by molar-refractivity contribution is 5.54. The number of hydrogen-bond donors (Lipinski definition) is 1. The topological polar surface area (TPSA) is 104 Å². The summed E-state index contributed by atoms with van der Waals surface area (Å²) in [6.07, 6.45) is 4.88. The highest BCUT2D eigenvalue weighted by atomic mass is 19.1. The summed E-state index contributed by atoms with van der Waals surface area (Å²) in [6.45, 7) is 1.70.